The first-order chi connectivity index (χ1) is 8.72. The Labute approximate surface area is 134 Å². The maximum atomic E-state index is 6.02. The summed E-state index contributed by atoms with van der Waals surface area (Å²) in [6.45, 7) is 7.27. The van der Waals surface area contributed by atoms with Crippen molar-refractivity contribution in [1.29, 1.82) is 0 Å². The van der Waals surface area contributed by atoms with Crippen LogP contribution in [0.1, 0.15) is 38.2 Å². The lowest BCUT2D eigenvalue weighted by atomic mass is 10.1. The molecule has 1 aromatic rings. The first-order valence-corrected chi connectivity index (χ1v) is 7.00. The Bertz CT molecular complexity index is 407. The van der Waals surface area contributed by atoms with E-state index in [0.717, 1.165) is 37.6 Å². The molecule has 1 aliphatic rings. The number of nitrogens with two attached hydrogens (primary N) is 1. The summed E-state index contributed by atoms with van der Waals surface area (Å²) in [6, 6.07) is 4.15. The second kappa shape index (κ2) is 9.19. The number of benzene rings is 1. The van der Waals surface area contributed by atoms with Crippen LogP contribution in [-0.4, -0.2) is 19.7 Å². The maximum absolute atomic E-state index is 6.02. The highest BCUT2D eigenvalue weighted by atomic mass is 35.5. The largest absolute Gasteiger partial charge is 0.491 e. The van der Waals surface area contributed by atoms with Crippen molar-refractivity contribution in [2.24, 2.45) is 0 Å². The predicted molar refractivity (Wildman–Crippen MR) is 91.9 cm³/mol. The molecule has 0 atom stereocenters. The number of ether oxygens (including phenoxy) is 1. The number of anilines is 2. The molecule has 3 nitrogen and oxygen atoms in total. The molecule has 2 N–H and O–H groups in total. The van der Waals surface area contributed by atoms with Crippen molar-refractivity contribution in [1.82, 2.24) is 0 Å². The molecule has 1 heterocycles. The van der Waals surface area contributed by atoms with E-state index in [1.165, 1.54) is 30.5 Å². The van der Waals surface area contributed by atoms with Crippen LogP contribution in [0.25, 0.3) is 0 Å². The molecule has 1 saturated heterocycles. The van der Waals surface area contributed by atoms with E-state index >= 15 is 0 Å². The van der Waals surface area contributed by atoms with E-state index in [2.05, 4.69) is 24.8 Å². The standard InChI is InChI=1S/C15H24N2O.2ClH/c1-3-9-18-15-11-14(12(2)10-13(15)16)17-7-5-4-6-8-17;;/h10-11H,3-9,16H2,1-2H3;2*1H. The summed E-state index contributed by atoms with van der Waals surface area (Å²) in [5, 5.41) is 0. The van der Waals surface area contributed by atoms with Crippen LogP contribution in [0.4, 0.5) is 11.4 Å². The summed E-state index contributed by atoms with van der Waals surface area (Å²) < 4.78 is 5.72. The average Bonchev–Trinajstić information content (AvgIpc) is 2.39. The Morgan fingerprint density at radius 1 is 1.15 bits per heavy atom. The van der Waals surface area contributed by atoms with Crippen molar-refractivity contribution in [3.63, 3.8) is 0 Å². The lowest BCUT2D eigenvalue weighted by molar-refractivity contribution is 0.319. The number of piperidine rings is 1. The van der Waals surface area contributed by atoms with Crippen LogP contribution in [0.15, 0.2) is 12.1 Å². The molecule has 116 valence electrons. The fourth-order valence-corrected chi connectivity index (χ4v) is 2.51. The molecule has 0 saturated carbocycles. The van der Waals surface area contributed by atoms with Crippen molar-refractivity contribution in [3.05, 3.63) is 17.7 Å². The summed E-state index contributed by atoms with van der Waals surface area (Å²) in [7, 11) is 0. The van der Waals surface area contributed by atoms with Gasteiger partial charge in [0.25, 0.3) is 0 Å². The number of nitrogen functional groups attached to an aromatic ring is 1. The third-order valence-electron chi connectivity index (χ3n) is 3.49. The van der Waals surface area contributed by atoms with E-state index in [9.17, 15) is 0 Å². The lowest BCUT2D eigenvalue weighted by Crippen LogP contribution is -2.30. The molecule has 1 aromatic carbocycles. The molecule has 0 spiro atoms. The molecule has 0 aromatic heterocycles. The van der Waals surface area contributed by atoms with Gasteiger partial charge in [-0.25, -0.2) is 0 Å². The van der Waals surface area contributed by atoms with Crippen LogP contribution in [0.2, 0.25) is 0 Å². The minimum absolute atomic E-state index is 0. The van der Waals surface area contributed by atoms with Gasteiger partial charge in [-0.05, 0) is 44.2 Å². The summed E-state index contributed by atoms with van der Waals surface area (Å²) in [5.74, 6) is 0.836. The van der Waals surface area contributed by atoms with Gasteiger partial charge < -0.3 is 15.4 Å². The smallest absolute Gasteiger partial charge is 0.144 e. The number of nitrogens with zero attached hydrogens (tertiary/aromatic N) is 1. The van der Waals surface area contributed by atoms with Gasteiger partial charge in [-0.15, -0.1) is 24.8 Å². The SMILES string of the molecule is CCCOc1cc(N2CCCCC2)c(C)cc1N.Cl.Cl. The van der Waals surface area contributed by atoms with Gasteiger partial charge in [0.1, 0.15) is 5.75 Å². The molecule has 0 amide bonds. The van der Waals surface area contributed by atoms with Crippen LogP contribution >= 0.6 is 24.8 Å². The summed E-state index contributed by atoms with van der Waals surface area (Å²) in [6.07, 6.45) is 4.93. The van der Waals surface area contributed by atoms with E-state index in [1.807, 2.05) is 6.07 Å². The number of aryl methyl sites for hydroxylation is 1. The van der Waals surface area contributed by atoms with Crippen LogP contribution in [0, 0.1) is 6.92 Å². The molecule has 0 radical (unpaired) electrons. The molecule has 0 bridgehead atoms. The summed E-state index contributed by atoms with van der Waals surface area (Å²) in [5.41, 5.74) is 9.30. The first kappa shape index (κ1) is 19.2. The average molecular weight is 321 g/mol. The first-order valence-electron chi connectivity index (χ1n) is 7.00. The van der Waals surface area contributed by atoms with Gasteiger partial charge in [0.2, 0.25) is 0 Å². The van der Waals surface area contributed by atoms with Gasteiger partial charge in [0.15, 0.2) is 0 Å². The van der Waals surface area contributed by atoms with Gasteiger partial charge in [0.05, 0.1) is 12.3 Å². The van der Waals surface area contributed by atoms with Crippen molar-refractivity contribution < 1.29 is 4.74 Å². The Kier molecular flexibility index (Phi) is 8.83. The zero-order chi connectivity index (χ0) is 13.0. The highest BCUT2D eigenvalue weighted by Gasteiger charge is 2.15. The van der Waals surface area contributed by atoms with E-state index < -0.39 is 0 Å². The Hall–Kier alpha value is -0.800. The molecule has 1 fully saturated rings. The molecule has 0 unspecified atom stereocenters. The second-order valence-corrected chi connectivity index (χ2v) is 5.07. The van der Waals surface area contributed by atoms with E-state index in [0.29, 0.717) is 0 Å². The van der Waals surface area contributed by atoms with Crippen LogP contribution in [0.5, 0.6) is 5.75 Å². The van der Waals surface area contributed by atoms with Crippen LogP contribution in [0.3, 0.4) is 0 Å². The maximum Gasteiger partial charge on any atom is 0.144 e. The lowest BCUT2D eigenvalue weighted by Gasteiger charge is -2.30. The summed E-state index contributed by atoms with van der Waals surface area (Å²) in [4.78, 5) is 2.46. The van der Waals surface area contributed by atoms with Crippen molar-refractivity contribution in [2.45, 2.75) is 39.5 Å². The topological polar surface area (TPSA) is 38.5 Å². The third kappa shape index (κ3) is 4.64. The Morgan fingerprint density at radius 2 is 1.80 bits per heavy atom. The van der Waals surface area contributed by atoms with E-state index in [4.69, 9.17) is 10.5 Å². The zero-order valence-electron chi connectivity index (χ0n) is 12.4. The number of hydrogen-bond donors (Lipinski definition) is 1. The van der Waals surface area contributed by atoms with Gasteiger partial charge in [-0.1, -0.05) is 6.92 Å². The molecule has 1 aliphatic heterocycles. The van der Waals surface area contributed by atoms with Gasteiger partial charge in [-0.2, -0.15) is 0 Å². The van der Waals surface area contributed by atoms with Crippen LogP contribution < -0.4 is 15.4 Å². The molecule has 20 heavy (non-hydrogen) atoms. The van der Waals surface area contributed by atoms with Gasteiger partial charge in [0, 0.05) is 24.8 Å². The van der Waals surface area contributed by atoms with Gasteiger partial charge >= 0.3 is 0 Å². The Balaban J connectivity index is 0.00000180. The minimum Gasteiger partial charge on any atom is -0.491 e. The zero-order valence-corrected chi connectivity index (χ0v) is 14.0. The highest BCUT2D eigenvalue weighted by Crippen LogP contribution is 2.32. The molecule has 0 aliphatic carbocycles. The molecular formula is C15H26Cl2N2O. The monoisotopic (exact) mass is 320 g/mol. The third-order valence-corrected chi connectivity index (χ3v) is 3.49. The molecular weight excluding hydrogens is 295 g/mol. The quantitative estimate of drug-likeness (QED) is 0.845. The number of halogens is 2. The molecule has 5 heteroatoms. The highest BCUT2D eigenvalue weighted by molar-refractivity contribution is 5.85. The second-order valence-electron chi connectivity index (χ2n) is 5.07. The van der Waals surface area contributed by atoms with E-state index in [1.54, 1.807) is 0 Å². The normalized spacial score (nSPS) is 14.2. The number of rotatable bonds is 4. The minimum atomic E-state index is 0. The van der Waals surface area contributed by atoms with Crippen molar-refractivity contribution in [3.8, 4) is 5.75 Å². The van der Waals surface area contributed by atoms with E-state index in [-0.39, 0.29) is 24.8 Å². The van der Waals surface area contributed by atoms with Gasteiger partial charge in [-0.3, -0.25) is 0 Å². The number of hydrogen-bond acceptors (Lipinski definition) is 3. The van der Waals surface area contributed by atoms with Crippen LogP contribution in [-0.2, 0) is 0 Å². The summed E-state index contributed by atoms with van der Waals surface area (Å²) >= 11 is 0. The van der Waals surface area contributed by atoms with Crippen molar-refractivity contribution >= 4 is 36.2 Å². The fourth-order valence-electron chi connectivity index (χ4n) is 2.51. The fraction of sp³-hybridized carbons (Fsp3) is 0.600. The van der Waals surface area contributed by atoms with Crippen molar-refractivity contribution in [2.75, 3.05) is 30.3 Å². The molecule has 2 rings (SSSR count). The Morgan fingerprint density at radius 3 is 2.40 bits per heavy atom. The predicted octanol–water partition coefficient (Wildman–Crippen LogP) is 4.20.